The smallest absolute Gasteiger partial charge is 0.220 e. The summed E-state index contributed by atoms with van der Waals surface area (Å²) in [5.41, 5.74) is 4.27. The number of carbonyl (C=O) groups is 1. The molecular formula is C17H20N4O. The summed E-state index contributed by atoms with van der Waals surface area (Å²) in [5, 5.41) is 8.42. The highest BCUT2D eigenvalue weighted by Gasteiger charge is 2.08. The Kier molecular flexibility index (Phi) is 3.96. The van der Waals surface area contributed by atoms with Crippen molar-refractivity contribution in [3.05, 3.63) is 53.5 Å². The van der Waals surface area contributed by atoms with Crippen LogP contribution in [0.3, 0.4) is 0 Å². The highest BCUT2D eigenvalue weighted by atomic mass is 16.1. The van der Waals surface area contributed by atoms with Gasteiger partial charge in [-0.2, -0.15) is 5.10 Å². The number of H-pyrrole nitrogens is 1. The second-order valence-electron chi connectivity index (χ2n) is 5.54. The third kappa shape index (κ3) is 3.03. The zero-order valence-electron chi connectivity index (χ0n) is 12.9. The van der Waals surface area contributed by atoms with Gasteiger partial charge in [0.1, 0.15) is 0 Å². The Morgan fingerprint density at radius 1 is 1.36 bits per heavy atom. The van der Waals surface area contributed by atoms with E-state index in [1.54, 1.807) is 4.68 Å². The molecule has 0 fully saturated rings. The van der Waals surface area contributed by atoms with Crippen molar-refractivity contribution in [3.8, 4) is 0 Å². The fraction of sp³-hybridized carbons (Fsp3) is 0.294. The number of aromatic amines is 1. The molecule has 0 atom stereocenters. The van der Waals surface area contributed by atoms with E-state index in [2.05, 4.69) is 21.5 Å². The number of nitrogens with zero attached hydrogens (tertiary/aromatic N) is 2. The predicted octanol–water partition coefficient (Wildman–Crippen LogP) is 2.46. The second-order valence-corrected chi connectivity index (χ2v) is 5.54. The Hall–Kier alpha value is -2.56. The molecule has 0 saturated heterocycles. The summed E-state index contributed by atoms with van der Waals surface area (Å²) in [6.45, 7) is 2.46. The van der Waals surface area contributed by atoms with Crippen LogP contribution in [0.15, 0.2) is 36.5 Å². The summed E-state index contributed by atoms with van der Waals surface area (Å²) < 4.78 is 1.80. The predicted molar refractivity (Wildman–Crippen MR) is 86.4 cm³/mol. The van der Waals surface area contributed by atoms with Gasteiger partial charge in [0, 0.05) is 30.6 Å². The molecule has 2 N–H and O–H groups in total. The lowest BCUT2D eigenvalue weighted by Gasteiger charge is -2.05. The molecule has 5 heteroatoms. The van der Waals surface area contributed by atoms with Gasteiger partial charge in [0.25, 0.3) is 0 Å². The maximum atomic E-state index is 12.0. The standard InChI is InChI=1S/C17H20N4O/c1-12-9-14(21(2)20-12)11-19-17(22)8-7-13-10-18-16-6-4-3-5-15(13)16/h3-6,9-10,18H,7-8,11H2,1-2H3,(H,19,22). The van der Waals surface area contributed by atoms with Crippen molar-refractivity contribution < 1.29 is 4.79 Å². The molecule has 2 aromatic heterocycles. The number of hydrogen-bond donors (Lipinski definition) is 2. The highest BCUT2D eigenvalue weighted by Crippen LogP contribution is 2.18. The first-order valence-corrected chi connectivity index (χ1v) is 7.44. The Balaban J connectivity index is 1.55. The molecule has 5 nitrogen and oxygen atoms in total. The van der Waals surface area contributed by atoms with E-state index >= 15 is 0 Å². The average Bonchev–Trinajstić information content (AvgIpc) is 3.06. The van der Waals surface area contributed by atoms with Gasteiger partial charge in [-0.15, -0.1) is 0 Å². The molecule has 1 aromatic carbocycles. The molecule has 0 radical (unpaired) electrons. The molecular weight excluding hydrogens is 276 g/mol. The molecule has 0 bridgehead atoms. The second kappa shape index (κ2) is 6.05. The molecule has 0 aliphatic rings. The summed E-state index contributed by atoms with van der Waals surface area (Å²) in [4.78, 5) is 15.3. The summed E-state index contributed by atoms with van der Waals surface area (Å²) in [7, 11) is 1.89. The van der Waals surface area contributed by atoms with Crippen molar-refractivity contribution in [1.29, 1.82) is 0 Å². The third-order valence-corrected chi connectivity index (χ3v) is 3.86. The van der Waals surface area contributed by atoms with E-state index in [1.165, 1.54) is 10.9 Å². The van der Waals surface area contributed by atoms with Gasteiger partial charge >= 0.3 is 0 Å². The first-order valence-electron chi connectivity index (χ1n) is 7.44. The number of aromatic nitrogens is 3. The number of nitrogens with one attached hydrogen (secondary N) is 2. The van der Waals surface area contributed by atoms with Crippen LogP contribution in [0.25, 0.3) is 10.9 Å². The maximum absolute atomic E-state index is 12.0. The summed E-state index contributed by atoms with van der Waals surface area (Å²) in [6, 6.07) is 10.1. The zero-order valence-corrected chi connectivity index (χ0v) is 12.9. The van der Waals surface area contributed by atoms with Gasteiger partial charge in [-0.25, -0.2) is 0 Å². The van der Waals surface area contributed by atoms with Crippen LogP contribution < -0.4 is 5.32 Å². The van der Waals surface area contributed by atoms with Gasteiger partial charge in [0.2, 0.25) is 5.91 Å². The van der Waals surface area contributed by atoms with E-state index in [4.69, 9.17) is 0 Å². The zero-order chi connectivity index (χ0) is 15.5. The summed E-state index contributed by atoms with van der Waals surface area (Å²) >= 11 is 0. The Bertz CT molecular complexity index is 800. The van der Waals surface area contributed by atoms with Crippen LogP contribution in [-0.4, -0.2) is 20.7 Å². The minimum absolute atomic E-state index is 0.0594. The quantitative estimate of drug-likeness (QED) is 0.759. The fourth-order valence-electron chi connectivity index (χ4n) is 2.69. The molecule has 3 aromatic rings. The number of fused-ring (bicyclic) bond motifs is 1. The van der Waals surface area contributed by atoms with Crippen molar-refractivity contribution in [2.45, 2.75) is 26.3 Å². The largest absolute Gasteiger partial charge is 0.361 e. The van der Waals surface area contributed by atoms with Crippen LogP contribution in [0.1, 0.15) is 23.4 Å². The lowest BCUT2D eigenvalue weighted by molar-refractivity contribution is -0.121. The van der Waals surface area contributed by atoms with Crippen molar-refractivity contribution in [2.75, 3.05) is 0 Å². The van der Waals surface area contributed by atoms with Crippen molar-refractivity contribution in [2.24, 2.45) is 7.05 Å². The molecule has 0 unspecified atom stereocenters. The van der Waals surface area contributed by atoms with Crippen LogP contribution in [0.4, 0.5) is 0 Å². The van der Waals surface area contributed by atoms with Crippen LogP contribution in [0, 0.1) is 6.92 Å². The van der Waals surface area contributed by atoms with Gasteiger partial charge in [0.05, 0.1) is 17.9 Å². The minimum Gasteiger partial charge on any atom is -0.361 e. The summed E-state index contributed by atoms with van der Waals surface area (Å²) in [5.74, 6) is 0.0594. The number of carbonyl (C=O) groups excluding carboxylic acids is 1. The monoisotopic (exact) mass is 296 g/mol. The van der Waals surface area contributed by atoms with Crippen LogP contribution >= 0.6 is 0 Å². The molecule has 0 aliphatic heterocycles. The average molecular weight is 296 g/mol. The summed E-state index contributed by atoms with van der Waals surface area (Å²) in [6.07, 6.45) is 3.21. The molecule has 22 heavy (non-hydrogen) atoms. The van der Waals surface area contributed by atoms with Gasteiger partial charge < -0.3 is 10.3 Å². The molecule has 0 spiro atoms. The first-order chi connectivity index (χ1) is 10.6. The lowest BCUT2D eigenvalue weighted by atomic mass is 10.1. The van der Waals surface area contributed by atoms with Crippen LogP contribution in [0.2, 0.25) is 0 Å². The molecule has 0 saturated carbocycles. The van der Waals surface area contributed by atoms with E-state index < -0.39 is 0 Å². The van der Waals surface area contributed by atoms with Gasteiger partial charge in [0.15, 0.2) is 0 Å². The van der Waals surface area contributed by atoms with E-state index in [0.717, 1.165) is 23.3 Å². The number of rotatable bonds is 5. The number of hydrogen-bond acceptors (Lipinski definition) is 2. The van der Waals surface area contributed by atoms with E-state index in [9.17, 15) is 4.79 Å². The number of para-hydroxylation sites is 1. The van der Waals surface area contributed by atoms with Crippen LogP contribution in [-0.2, 0) is 24.8 Å². The van der Waals surface area contributed by atoms with E-state index in [0.29, 0.717) is 13.0 Å². The van der Waals surface area contributed by atoms with Gasteiger partial charge in [-0.3, -0.25) is 9.48 Å². The van der Waals surface area contributed by atoms with Crippen molar-refractivity contribution in [1.82, 2.24) is 20.1 Å². The Morgan fingerprint density at radius 3 is 2.95 bits per heavy atom. The SMILES string of the molecule is Cc1cc(CNC(=O)CCc2c[nH]c3ccccc23)n(C)n1. The number of benzene rings is 1. The molecule has 114 valence electrons. The minimum atomic E-state index is 0.0594. The van der Waals surface area contributed by atoms with Crippen molar-refractivity contribution >= 4 is 16.8 Å². The lowest BCUT2D eigenvalue weighted by Crippen LogP contribution is -2.24. The van der Waals surface area contributed by atoms with Gasteiger partial charge in [-0.05, 0) is 31.0 Å². The maximum Gasteiger partial charge on any atom is 0.220 e. The molecule has 1 amide bonds. The molecule has 0 aliphatic carbocycles. The third-order valence-electron chi connectivity index (χ3n) is 3.86. The number of aryl methyl sites for hydroxylation is 3. The normalized spacial score (nSPS) is 11.0. The van der Waals surface area contributed by atoms with E-state index in [-0.39, 0.29) is 5.91 Å². The molecule has 3 rings (SSSR count). The van der Waals surface area contributed by atoms with Crippen LogP contribution in [0.5, 0.6) is 0 Å². The number of amides is 1. The Morgan fingerprint density at radius 2 is 2.18 bits per heavy atom. The topological polar surface area (TPSA) is 62.7 Å². The van der Waals surface area contributed by atoms with E-state index in [1.807, 2.05) is 44.4 Å². The highest BCUT2D eigenvalue weighted by molar-refractivity contribution is 5.84. The fourth-order valence-corrected chi connectivity index (χ4v) is 2.69. The van der Waals surface area contributed by atoms with Gasteiger partial charge in [-0.1, -0.05) is 18.2 Å². The van der Waals surface area contributed by atoms with Crippen molar-refractivity contribution in [3.63, 3.8) is 0 Å². The Labute approximate surface area is 129 Å². The first kappa shape index (κ1) is 14.4. The molecule has 2 heterocycles.